The first kappa shape index (κ1) is 11.2. The molecule has 0 heterocycles. The van der Waals surface area contributed by atoms with Crippen LogP contribution in [0, 0.1) is 10.1 Å². The molecule has 0 saturated carbocycles. The van der Waals surface area contributed by atoms with Crippen molar-refractivity contribution in [1.29, 1.82) is 0 Å². The van der Waals surface area contributed by atoms with Gasteiger partial charge in [-0.2, -0.15) is 0 Å². The highest BCUT2D eigenvalue weighted by atomic mass is 16.6. The molecule has 0 saturated heterocycles. The number of benzene rings is 1. The van der Waals surface area contributed by atoms with Crippen LogP contribution in [0.25, 0.3) is 0 Å². The zero-order valence-corrected chi connectivity index (χ0v) is 8.25. The largest absolute Gasteiger partial charge is 0.455 e. The first-order valence-corrected chi connectivity index (χ1v) is 4.47. The summed E-state index contributed by atoms with van der Waals surface area (Å²) in [6.45, 7) is 1.18. The molecule has 0 spiro atoms. The van der Waals surface area contributed by atoms with Crippen molar-refractivity contribution in [3.63, 3.8) is 0 Å². The van der Waals surface area contributed by atoms with E-state index in [9.17, 15) is 14.9 Å². The number of nitrogens with zero attached hydrogens (tertiary/aromatic N) is 1. The Labute approximate surface area is 86.8 Å². The van der Waals surface area contributed by atoms with Crippen molar-refractivity contribution < 1.29 is 14.5 Å². The van der Waals surface area contributed by atoms with Gasteiger partial charge < -0.3 is 4.74 Å². The number of ether oxygens (including phenoxy) is 1. The van der Waals surface area contributed by atoms with Gasteiger partial charge in [0.2, 0.25) is 6.04 Å². The Hall–Kier alpha value is -1.91. The molecule has 1 aromatic rings. The minimum atomic E-state index is -0.877. The Kier molecular flexibility index (Phi) is 3.79. The van der Waals surface area contributed by atoms with Gasteiger partial charge in [-0.15, -0.1) is 0 Å². The van der Waals surface area contributed by atoms with Crippen molar-refractivity contribution in [2.75, 3.05) is 6.61 Å². The molecule has 0 bridgehead atoms. The number of rotatable bonds is 4. The van der Waals surface area contributed by atoms with Crippen LogP contribution >= 0.6 is 0 Å². The maximum absolute atomic E-state index is 11.3. The smallest absolute Gasteiger partial charge is 0.338 e. The number of carbonyl (C=O) groups excluding carboxylic acids is 1. The van der Waals surface area contributed by atoms with Crippen LogP contribution in [0.5, 0.6) is 0 Å². The summed E-state index contributed by atoms with van der Waals surface area (Å²) in [5.41, 5.74) is 0.396. The monoisotopic (exact) mass is 209 g/mol. The van der Waals surface area contributed by atoms with E-state index in [-0.39, 0.29) is 6.61 Å². The summed E-state index contributed by atoms with van der Waals surface area (Å²) in [5, 5.41) is 10.3. The van der Waals surface area contributed by atoms with E-state index < -0.39 is 16.9 Å². The van der Waals surface area contributed by atoms with Crippen LogP contribution in [0.15, 0.2) is 30.3 Å². The van der Waals surface area contributed by atoms with Crippen LogP contribution in [0.1, 0.15) is 17.3 Å². The average Bonchev–Trinajstić information content (AvgIpc) is 2.26. The standard InChI is InChI=1S/C10H11NO4/c1-8(11(13)14)7-15-10(12)9-5-3-2-4-6-9/h2-6,8H,7H2,1H3/t8-/m0/s1. The molecule has 5 nitrogen and oxygen atoms in total. The Bertz CT molecular complexity index is 350. The summed E-state index contributed by atoms with van der Waals surface area (Å²) in [5.74, 6) is -0.538. The van der Waals surface area contributed by atoms with Crippen molar-refractivity contribution in [1.82, 2.24) is 0 Å². The molecule has 80 valence electrons. The Morgan fingerprint density at radius 2 is 2.07 bits per heavy atom. The Balaban J connectivity index is 2.47. The predicted molar refractivity (Wildman–Crippen MR) is 53.2 cm³/mol. The lowest BCUT2D eigenvalue weighted by Gasteiger charge is -2.05. The number of nitro groups is 1. The molecule has 1 atom stereocenters. The molecule has 1 rings (SSSR count). The molecule has 0 aliphatic heterocycles. The number of hydrogen-bond acceptors (Lipinski definition) is 4. The number of esters is 1. The van der Waals surface area contributed by atoms with Crippen molar-refractivity contribution in [3.05, 3.63) is 46.0 Å². The molecule has 0 amide bonds. The quantitative estimate of drug-likeness (QED) is 0.428. The van der Waals surface area contributed by atoms with Crippen molar-refractivity contribution >= 4 is 5.97 Å². The molecule has 0 unspecified atom stereocenters. The zero-order chi connectivity index (χ0) is 11.3. The lowest BCUT2D eigenvalue weighted by atomic mass is 10.2. The third kappa shape index (κ3) is 3.38. The van der Waals surface area contributed by atoms with Crippen molar-refractivity contribution in [3.8, 4) is 0 Å². The normalized spacial score (nSPS) is 11.8. The van der Waals surface area contributed by atoms with Gasteiger partial charge in [0.1, 0.15) is 0 Å². The van der Waals surface area contributed by atoms with Crippen molar-refractivity contribution in [2.45, 2.75) is 13.0 Å². The van der Waals surface area contributed by atoms with Gasteiger partial charge in [0.15, 0.2) is 6.61 Å². The van der Waals surface area contributed by atoms with E-state index in [2.05, 4.69) is 0 Å². The summed E-state index contributed by atoms with van der Waals surface area (Å²) in [7, 11) is 0. The van der Waals surface area contributed by atoms with E-state index in [4.69, 9.17) is 4.74 Å². The SMILES string of the molecule is C[C@@H](COC(=O)c1ccccc1)[N+](=O)[O-]. The Morgan fingerprint density at radius 3 is 2.60 bits per heavy atom. The third-order valence-electron chi connectivity index (χ3n) is 1.83. The first-order valence-electron chi connectivity index (χ1n) is 4.47. The van der Waals surface area contributed by atoms with Gasteiger partial charge in [0.25, 0.3) is 0 Å². The summed E-state index contributed by atoms with van der Waals surface area (Å²) < 4.78 is 4.77. The summed E-state index contributed by atoms with van der Waals surface area (Å²) in [4.78, 5) is 21.1. The van der Waals surface area contributed by atoms with Gasteiger partial charge in [-0.25, -0.2) is 4.79 Å². The second kappa shape index (κ2) is 5.09. The second-order valence-electron chi connectivity index (χ2n) is 3.10. The molecule has 0 fully saturated rings. The van der Waals surface area contributed by atoms with Gasteiger partial charge in [0, 0.05) is 11.8 Å². The molecular formula is C10H11NO4. The van der Waals surface area contributed by atoms with Gasteiger partial charge in [0.05, 0.1) is 5.56 Å². The summed E-state index contributed by atoms with van der Waals surface area (Å²) >= 11 is 0. The number of hydrogen-bond donors (Lipinski definition) is 0. The Morgan fingerprint density at radius 1 is 1.47 bits per heavy atom. The fraction of sp³-hybridized carbons (Fsp3) is 0.300. The van der Waals surface area contributed by atoms with Crippen molar-refractivity contribution in [2.24, 2.45) is 0 Å². The minimum Gasteiger partial charge on any atom is -0.455 e. The maximum atomic E-state index is 11.3. The number of carbonyl (C=O) groups is 1. The van der Waals surface area contributed by atoms with Gasteiger partial charge in [-0.05, 0) is 12.1 Å². The lowest BCUT2D eigenvalue weighted by Crippen LogP contribution is -2.23. The molecule has 0 aliphatic carbocycles. The average molecular weight is 209 g/mol. The molecule has 15 heavy (non-hydrogen) atoms. The first-order chi connectivity index (χ1) is 7.11. The second-order valence-corrected chi connectivity index (χ2v) is 3.10. The van der Waals surface area contributed by atoms with Gasteiger partial charge in [-0.3, -0.25) is 10.1 Å². The molecule has 0 radical (unpaired) electrons. The van der Waals surface area contributed by atoms with Gasteiger partial charge in [-0.1, -0.05) is 18.2 Å². The van der Waals surface area contributed by atoms with E-state index in [1.165, 1.54) is 6.92 Å². The van der Waals surface area contributed by atoms with E-state index in [1.54, 1.807) is 30.3 Å². The summed E-state index contributed by atoms with van der Waals surface area (Å²) in [6, 6.07) is 7.49. The van der Waals surface area contributed by atoms with Gasteiger partial charge >= 0.3 is 5.97 Å². The molecule has 0 N–H and O–H groups in total. The lowest BCUT2D eigenvalue weighted by molar-refractivity contribution is -0.520. The van der Waals surface area contributed by atoms with E-state index >= 15 is 0 Å². The maximum Gasteiger partial charge on any atom is 0.338 e. The minimum absolute atomic E-state index is 0.208. The van der Waals surface area contributed by atoms with Crippen LogP contribution in [-0.2, 0) is 4.74 Å². The van der Waals surface area contributed by atoms with Crippen LogP contribution in [0.4, 0.5) is 0 Å². The fourth-order valence-electron chi connectivity index (χ4n) is 0.915. The molecule has 0 aliphatic rings. The van der Waals surface area contributed by atoms with E-state index in [0.29, 0.717) is 5.56 Å². The third-order valence-corrected chi connectivity index (χ3v) is 1.83. The zero-order valence-electron chi connectivity index (χ0n) is 8.25. The van der Waals surface area contributed by atoms with Crippen LogP contribution in [0.3, 0.4) is 0 Å². The van der Waals surface area contributed by atoms with Crippen LogP contribution in [0.2, 0.25) is 0 Å². The molecule has 0 aromatic heterocycles. The molecule has 1 aromatic carbocycles. The van der Waals surface area contributed by atoms with Crippen LogP contribution < -0.4 is 0 Å². The molecular weight excluding hydrogens is 198 g/mol. The highest BCUT2D eigenvalue weighted by molar-refractivity contribution is 5.89. The fourth-order valence-corrected chi connectivity index (χ4v) is 0.915. The van der Waals surface area contributed by atoms with Crippen LogP contribution in [-0.4, -0.2) is 23.5 Å². The van der Waals surface area contributed by atoms with E-state index in [1.807, 2.05) is 0 Å². The highest BCUT2D eigenvalue weighted by Crippen LogP contribution is 2.02. The highest BCUT2D eigenvalue weighted by Gasteiger charge is 2.16. The van der Waals surface area contributed by atoms with E-state index in [0.717, 1.165) is 0 Å². The summed E-state index contributed by atoms with van der Waals surface area (Å²) in [6.07, 6.45) is 0. The molecule has 5 heteroatoms. The topological polar surface area (TPSA) is 69.4 Å². The predicted octanol–water partition coefficient (Wildman–Crippen LogP) is 1.51.